The molecule has 0 aliphatic rings. The smallest absolute Gasteiger partial charge is 0 e. The van der Waals surface area contributed by atoms with Gasteiger partial charge >= 0.3 is 0 Å². The second-order valence-electron chi connectivity index (χ2n) is 0. The molecule has 26 valence electrons. The minimum Gasteiger partial charge on any atom is -0.344 e. The molecule has 1 nitrogen and oxygen atoms in total. The van der Waals surface area contributed by atoms with Crippen LogP contribution in [-0.2, 0) is 38.1 Å². The molecule has 0 atom stereocenters. The van der Waals surface area contributed by atoms with E-state index in [0.717, 1.165) is 0 Å². The van der Waals surface area contributed by atoms with Crippen LogP contribution in [0.25, 0.3) is 0 Å². The Hall–Kier alpha value is 2.52. The zero-order valence-corrected chi connectivity index (χ0v) is 9.21. The van der Waals surface area contributed by atoms with Crippen LogP contribution in [0.3, 0.4) is 0 Å². The van der Waals surface area contributed by atoms with Crippen molar-refractivity contribution in [2.24, 2.45) is 0 Å². The summed E-state index contributed by atoms with van der Waals surface area (Å²) >= 11 is 0. The summed E-state index contributed by atoms with van der Waals surface area (Å²) < 4.78 is 0. The number of hydrogen-bond acceptors (Lipinski definition) is 1. The van der Waals surface area contributed by atoms with E-state index in [4.69, 9.17) is 0 Å². The van der Waals surface area contributed by atoms with Crippen molar-refractivity contribution >= 4 is 0 Å². The van der Waals surface area contributed by atoms with Crippen molar-refractivity contribution in [3.05, 3.63) is 0 Å². The van der Waals surface area contributed by atoms with Gasteiger partial charge < -0.3 is 6.15 Å². The van der Waals surface area contributed by atoms with Gasteiger partial charge in [-0.25, -0.2) is 0 Å². The molecule has 0 radical (unpaired) electrons. The van der Waals surface area contributed by atoms with Crippen molar-refractivity contribution in [2.75, 3.05) is 0 Å². The van der Waals surface area contributed by atoms with Gasteiger partial charge in [0.2, 0.25) is 0 Å². The quantitative estimate of drug-likeness (QED) is 0.577. The molecule has 0 aliphatic heterocycles. The minimum atomic E-state index is 0. The van der Waals surface area contributed by atoms with Crippen molar-refractivity contribution in [1.82, 2.24) is 6.15 Å². The van der Waals surface area contributed by atoms with E-state index in [9.17, 15) is 0 Å². The van der Waals surface area contributed by atoms with Crippen LogP contribution in [0.1, 0.15) is 0 Å². The van der Waals surface area contributed by atoms with Crippen molar-refractivity contribution in [3.63, 3.8) is 0 Å². The van der Waals surface area contributed by atoms with E-state index in [2.05, 4.69) is 0 Å². The summed E-state index contributed by atoms with van der Waals surface area (Å²) in [7, 11) is 0. The Labute approximate surface area is 83.5 Å². The van der Waals surface area contributed by atoms with Crippen LogP contribution >= 0.6 is 0 Å². The normalized spacial score (nSPS) is 0. The van der Waals surface area contributed by atoms with Crippen LogP contribution in [0.2, 0.25) is 0 Å². The van der Waals surface area contributed by atoms with Gasteiger partial charge in [-0.1, -0.05) is 0 Å². The molecule has 0 aromatic heterocycles. The van der Waals surface area contributed by atoms with Crippen molar-refractivity contribution < 1.29 is 79.0 Å². The molecule has 0 amide bonds. The summed E-state index contributed by atoms with van der Waals surface area (Å²) in [5.74, 6) is 0. The minimum absolute atomic E-state index is 0. The molecule has 4 heteroatoms. The van der Waals surface area contributed by atoms with Gasteiger partial charge in [0.25, 0.3) is 0 Å². The molecule has 0 heterocycles. The molecule has 0 fully saturated rings. The van der Waals surface area contributed by atoms with E-state index in [1.807, 2.05) is 0 Å². The summed E-state index contributed by atoms with van der Waals surface area (Å²) in [4.78, 5) is 0. The monoisotopic (exact) mass is 399 g/mol. The summed E-state index contributed by atoms with van der Waals surface area (Å²) in [5.41, 5.74) is 0. The zero-order valence-electron chi connectivity index (χ0n) is 1.97. The molecule has 0 aromatic carbocycles. The van der Waals surface area contributed by atoms with Gasteiger partial charge in [0.1, 0.15) is 0 Å². The molecule has 0 rings (SSSR count). The summed E-state index contributed by atoms with van der Waals surface area (Å²) in [6.45, 7) is 0. The standard InChI is InChI=1S/Fe.H3N.Nd.W/h;1H3;;. The zero-order chi connectivity index (χ0) is 0. The maximum Gasteiger partial charge on any atom is 0 e. The third kappa shape index (κ3) is 8.82. The van der Waals surface area contributed by atoms with E-state index in [0.29, 0.717) is 0 Å². The predicted molar refractivity (Wildman–Crippen MR) is 5.02 cm³/mol. The summed E-state index contributed by atoms with van der Waals surface area (Å²) in [6, 6.07) is 0. The summed E-state index contributed by atoms with van der Waals surface area (Å²) in [6.07, 6.45) is 0. The second-order valence-corrected chi connectivity index (χ2v) is 0. The summed E-state index contributed by atoms with van der Waals surface area (Å²) in [5, 5.41) is 0. The van der Waals surface area contributed by atoms with Gasteiger partial charge in [-0.05, 0) is 0 Å². The van der Waals surface area contributed by atoms with Crippen molar-refractivity contribution in [3.8, 4) is 0 Å². The van der Waals surface area contributed by atoms with Crippen LogP contribution in [0, 0.1) is 40.8 Å². The van der Waals surface area contributed by atoms with E-state index >= 15 is 0 Å². The molecule has 0 spiro atoms. The SMILES string of the molecule is N.[Fe].[Nd].[W]. The number of hydrogen-bond donors (Lipinski definition) is 1. The largest absolute Gasteiger partial charge is 0.344 e. The fraction of sp³-hybridized carbons (Fsp3) is 0. The topological polar surface area (TPSA) is 35.0 Å². The van der Waals surface area contributed by atoms with Crippen LogP contribution in [0.15, 0.2) is 0 Å². The molecule has 0 saturated carbocycles. The van der Waals surface area contributed by atoms with Crippen LogP contribution in [0.5, 0.6) is 0 Å². The maximum absolute atomic E-state index is 0. The Morgan fingerprint density at radius 1 is 1.00 bits per heavy atom. The first-order valence-corrected chi connectivity index (χ1v) is 0. The van der Waals surface area contributed by atoms with Gasteiger partial charge in [-0.2, -0.15) is 0 Å². The third-order valence-electron chi connectivity index (χ3n) is 0. The Kier molecular flexibility index (Phi) is 139. The van der Waals surface area contributed by atoms with E-state index in [-0.39, 0.29) is 85.1 Å². The number of rotatable bonds is 0. The second kappa shape index (κ2) is 17.8. The van der Waals surface area contributed by atoms with E-state index in [1.54, 1.807) is 0 Å². The van der Waals surface area contributed by atoms with Crippen LogP contribution in [-0.4, -0.2) is 0 Å². The van der Waals surface area contributed by atoms with Gasteiger partial charge in [0.15, 0.2) is 0 Å². The maximum atomic E-state index is 0. The first kappa shape index (κ1) is 31.3. The first-order chi connectivity index (χ1) is 0. The molecule has 0 bridgehead atoms. The van der Waals surface area contributed by atoms with Crippen LogP contribution in [0.4, 0.5) is 0 Å². The van der Waals surface area contributed by atoms with Crippen molar-refractivity contribution in [1.29, 1.82) is 0 Å². The first-order valence-electron chi connectivity index (χ1n) is 0. The molecule has 0 unspecified atom stereocenters. The molecule has 0 saturated heterocycles. The fourth-order valence-corrected chi connectivity index (χ4v) is 0. The molecule has 0 aromatic rings. The van der Waals surface area contributed by atoms with Gasteiger partial charge in [0.05, 0.1) is 0 Å². The van der Waals surface area contributed by atoms with Gasteiger partial charge in [-0.15, -0.1) is 0 Å². The van der Waals surface area contributed by atoms with Gasteiger partial charge in [-0.3, -0.25) is 0 Å². The van der Waals surface area contributed by atoms with E-state index < -0.39 is 0 Å². The van der Waals surface area contributed by atoms with Crippen molar-refractivity contribution in [2.45, 2.75) is 0 Å². The molecular formula is H3FeNNdW. The average molecular weight is 401 g/mol. The third-order valence-corrected chi connectivity index (χ3v) is 0. The average Bonchev–Trinajstić information content (AvgIpc) is 0. The predicted octanol–water partition coefficient (Wildman–Crippen LogP) is 0.157. The van der Waals surface area contributed by atoms with E-state index in [1.165, 1.54) is 0 Å². The Bertz CT molecular complexity index is 8.00. The molecule has 3 N–H and O–H groups in total. The van der Waals surface area contributed by atoms with Gasteiger partial charge in [0, 0.05) is 79.0 Å². The molecule has 0 aliphatic carbocycles. The fourth-order valence-electron chi connectivity index (χ4n) is 0. The molecule has 4 heavy (non-hydrogen) atoms. The molecular weight excluding hydrogens is 398 g/mol. The Balaban J connectivity index is 0. The Morgan fingerprint density at radius 3 is 1.00 bits per heavy atom. The van der Waals surface area contributed by atoms with Crippen LogP contribution < -0.4 is 6.15 Å². The Morgan fingerprint density at radius 2 is 1.00 bits per heavy atom.